The van der Waals surface area contributed by atoms with E-state index in [1.54, 1.807) is 24.3 Å². The van der Waals surface area contributed by atoms with Crippen LogP contribution in [-0.4, -0.2) is 24.1 Å². The normalized spacial score (nSPS) is 11.5. The first kappa shape index (κ1) is 17.6. The van der Waals surface area contributed by atoms with Gasteiger partial charge >= 0.3 is 11.7 Å². The molecule has 0 spiro atoms. The summed E-state index contributed by atoms with van der Waals surface area (Å²) in [4.78, 5) is 22.5. The van der Waals surface area contributed by atoms with E-state index in [4.69, 9.17) is 25.8 Å². The Bertz CT molecular complexity index is 764. The predicted octanol–water partition coefficient (Wildman–Crippen LogP) is 3.63. The average molecular weight is 352 g/mol. The molecule has 24 heavy (non-hydrogen) atoms. The molecule has 0 heterocycles. The number of carbonyl (C=O) groups is 1. The molecule has 1 atom stereocenters. The zero-order valence-corrected chi connectivity index (χ0v) is 13.6. The SMILES string of the molecule is COc1ccc(OC(=O)C(C)Oc2cccc(Cl)c2)c([N+](=O)[O-])c1. The Kier molecular flexibility index (Phi) is 5.59. The lowest BCUT2D eigenvalue weighted by Gasteiger charge is -2.14. The van der Waals surface area contributed by atoms with Crippen LogP contribution in [0, 0.1) is 10.1 Å². The molecule has 2 rings (SSSR count). The van der Waals surface area contributed by atoms with Gasteiger partial charge in [0.15, 0.2) is 6.10 Å². The minimum absolute atomic E-state index is 0.188. The van der Waals surface area contributed by atoms with Crippen LogP contribution in [0.3, 0.4) is 0 Å². The molecule has 126 valence electrons. The first-order valence-electron chi connectivity index (χ1n) is 6.87. The van der Waals surface area contributed by atoms with Crippen molar-refractivity contribution in [1.29, 1.82) is 0 Å². The highest BCUT2D eigenvalue weighted by Crippen LogP contribution is 2.31. The second kappa shape index (κ2) is 7.65. The summed E-state index contributed by atoms with van der Waals surface area (Å²) in [7, 11) is 1.38. The monoisotopic (exact) mass is 351 g/mol. The van der Waals surface area contributed by atoms with Crippen LogP contribution in [0.4, 0.5) is 5.69 Å². The zero-order valence-electron chi connectivity index (χ0n) is 12.9. The molecule has 0 radical (unpaired) electrons. The van der Waals surface area contributed by atoms with Crippen molar-refractivity contribution in [3.8, 4) is 17.2 Å². The van der Waals surface area contributed by atoms with E-state index in [9.17, 15) is 14.9 Å². The summed E-state index contributed by atoms with van der Waals surface area (Å²) in [6.45, 7) is 1.47. The van der Waals surface area contributed by atoms with E-state index in [1.807, 2.05) is 0 Å². The molecular formula is C16H14ClNO6. The molecule has 1 unspecified atom stereocenters. The van der Waals surface area contributed by atoms with Crippen molar-refractivity contribution in [2.45, 2.75) is 13.0 Å². The zero-order chi connectivity index (χ0) is 17.7. The van der Waals surface area contributed by atoms with Gasteiger partial charge in [-0.05, 0) is 37.3 Å². The van der Waals surface area contributed by atoms with E-state index in [2.05, 4.69) is 0 Å². The lowest BCUT2D eigenvalue weighted by molar-refractivity contribution is -0.385. The largest absolute Gasteiger partial charge is 0.496 e. The van der Waals surface area contributed by atoms with Gasteiger partial charge in [-0.1, -0.05) is 17.7 Å². The van der Waals surface area contributed by atoms with Gasteiger partial charge in [-0.25, -0.2) is 4.79 Å². The maximum absolute atomic E-state index is 12.1. The smallest absolute Gasteiger partial charge is 0.352 e. The van der Waals surface area contributed by atoms with E-state index in [0.29, 0.717) is 10.8 Å². The highest BCUT2D eigenvalue weighted by Gasteiger charge is 2.23. The number of nitrogens with zero attached hydrogens (tertiary/aromatic N) is 1. The molecule has 0 saturated carbocycles. The van der Waals surface area contributed by atoms with Crippen LogP contribution < -0.4 is 14.2 Å². The number of esters is 1. The van der Waals surface area contributed by atoms with Crippen LogP contribution in [0.1, 0.15) is 6.92 Å². The second-order valence-electron chi connectivity index (χ2n) is 4.73. The fourth-order valence-corrected chi connectivity index (χ4v) is 2.02. The number of nitro groups is 1. The van der Waals surface area contributed by atoms with Gasteiger partial charge in [0.05, 0.1) is 18.1 Å². The maximum atomic E-state index is 12.1. The van der Waals surface area contributed by atoms with Crippen LogP contribution in [-0.2, 0) is 4.79 Å². The van der Waals surface area contributed by atoms with Crippen molar-refractivity contribution in [1.82, 2.24) is 0 Å². The van der Waals surface area contributed by atoms with E-state index in [-0.39, 0.29) is 17.2 Å². The van der Waals surface area contributed by atoms with Gasteiger partial charge in [-0.3, -0.25) is 10.1 Å². The van der Waals surface area contributed by atoms with Gasteiger partial charge in [-0.2, -0.15) is 0 Å². The number of nitro benzene ring substituents is 1. The average Bonchev–Trinajstić information content (AvgIpc) is 2.54. The van der Waals surface area contributed by atoms with Gasteiger partial charge in [-0.15, -0.1) is 0 Å². The maximum Gasteiger partial charge on any atom is 0.352 e. The molecule has 0 bridgehead atoms. The Labute approximate surface area is 142 Å². The molecule has 8 heteroatoms. The summed E-state index contributed by atoms with van der Waals surface area (Å²) in [5, 5.41) is 11.5. The summed E-state index contributed by atoms with van der Waals surface area (Å²) >= 11 is 5.84. The summed E-state index contributed by atoms with van der Waals surface area (Å²) < 4.78 is 15.4. The lowest BCUT2D eigenvalue weighted by Crippen LogP contribution is -2.28. The summed E-state index contributed by atoms with van der Waals surface area (Å²) in [6.07, 6.45) is -0.981. The second-order valence-corrected chi connectivity index (χ2v) is 5.17. The Hall–Kier alpha value is -2.80. The number of hydrogen-bond acceptors (Lipinski definition) is 6. The minimum atomic E-state index is -0.981. The number of carbonyl (C=O) groups excluding carboxylic acids is 1. The lowest BCUT2D eigenvalue weighted by atomic mass is 10.2. The van der Waals surface area contributed by atoms with E-state index < -0.39 is 17.0 Å². The summed E-state index contributed by atoms with van der Waals surface area (Å²) in [6, 6.07) is 10.4. The highest BCUT2D eigenvalue weighted by molar-refractivity contribution is 6.30. The van der Waals surface area contributed by atoms with E-state index in [1.165, 1.54) is 32.2 Å². The third-order valence-corrected chi connectivity index (χ3v) is 3.25. The summed E-state index contributed by atoms with van der Waals surface area (Å²) in [5.41, 5.74) is -0.377. The van der Waals surface area contributed by atoms with Crippen LogP contribution >= 0.6 is 11.6 Å². The van der Waals surface area contributed by atoms with Crippen LogP contribution in [0.2, 0.25) is 5.02 Å². The van der Waals surface area contributed by atoms with Gasteiger partial charge in [0, 0.05) is 5.02 Å². The van der Waals surface area contributed by atoms with Gasteiger partial charge in [0.25, 0.3) is 0 Å². The molecule has 0 amide bonds. The molecule has 0 N–H and O–H groups in total. The Morgan fingerprint density at radius 3 is 2.58 bits per heavy atom. The van der Waals surface area contributed by atoms with Crippen molar-refractivity contribution >= 4 is 23.3 Å². The molecular weight excluding hydrogens is 338 g/mol. The number of halogens is 1. The van der Waals surface area contributed by atoms with Crippen molar-refractivity contribution in [3.63, 3.8) is 0 Å². The molecule has 0 aromatic heterocycles. The molecule has 2 aromatic rings. The Morgan fingerprint density at radius 2 is 1.96 bits per heavy atom. The molecule has 0 fully saturated rings. The number of ether oxygens (including phenoxy) is 3. The van der Waals surface area contributed by atoms with E-state index >= 15 is 0 Å². The molecule has 0 aliphatic carbocycles. The van der Waals surface area contributed by atoms with Crippen molar-refractivity contribution in [2.24, 2.45) is 0 Å². The van der Waals surface area contributed by atoms with Crippen LogP contribution in [0.5, 0.6) is 17.2 Å². The van der Waals surface area contributed by atoms with Crippen molar-refractivity contribution in [2.75, 3.05) is 7.11 Å². The molecule has 0 aliphatic rings. The number of hydrogen-bond donors (Lipinski definition) is 0. The number of benzene rings is 2. The quantitative estimate of drug-likeness (QED) is 0.342. The van der Waals surface area contributed by atoms with Crippen LogP contribution in [0.15, 0.2) is 42.5 Å². The minimum Gasteiger partial charge on any atom is -0.496 e. The standard InChI is InChI=1S/C16H14ClNO6/c1-10(23-13-5-3-4-11(17)8-13)16(19)24-15-7-6-12(22-2)9-14(15)18(20)21/h3-10H,1-2H3. The Morgan fingerprint density at radius 1 is 1.21 bits per heavy atom. The van der Waals surface area contributed by atoms with Gasteiger partial charge < -0.3 is 14.2 Å². The first-order valence-corrected chi connectivity index (χ1v) is 7.25. The molecule has 7 nitrogen and oxygen atoms in total. The van der Waals surface area contributed by atoms with Gasteiger partial charge in [0.2, 0.25) is 5.75 Å². The topological polar surface area (TPSA) is 87.9 Å². The fraction of sp³-hybridized carbons (Fsp3) is 0.188. The third kappa shape index (κ3) is 4.36. The predicted molar refractivity (Wildman–Crippen MR) is 86.8 cm³/mol. The van der Waals surface area contributed by atoms with Crippen molar-refractivity contribution < 1.29 is 23.9 Å². The highest BCUT2D eigenvalue weighted by atomic mass is 35.5. The first-order chi connectivity index (χ1) is 11.4. The Balaban J connectivity index is 2.12. The van der Waals surface area contributed by atoms with Crippen LogP contribution in [0.25, 0.3) is 0 Å². The van der Waals surface area contributed by atoms with Gasteiger partial charge in [0.1, 0.15) is 11.5 Å². The molecule has 2 aromatic carbocycles. The van der Waals surface area contributed by atoms with Crippen molar-refractivity contribution in [3.05, 3.63) is 57.6 Å². The number of rotatable bonds is 6. The number of methoxy groups -OCH3 is 1. The fourth-order valence-electron chi connectivity index (χ4n) is 1.84. The summed E-state index contributed by atoms with van der Waals surface area (Å²) in [5.74, 6) is -0.295. The van der Waals surface area contributed by atoms with E-state index in [0.717, 1.165) is 0 Å². The molecule has 0 saturated heterocycles. The molecule has 0 aliphatic heterocycles. The third-order valence-electron chi connectivity index (χ3n) is 3.01.